The van der Waals surface area contributed by atoms with Crippen LogP contribution in [-0.4, -0.2) is 0 Å². The van der Waals surface area contributed by atoms with E-state index in [0.29, 0.717) is 0 Å². The highest BCUT2D eigenvalue weighted by atomic mass is 79.9. The van der Waals surface area contributed by atoms with E-state index in [-0.39, 0.29) is 10.6 Å². The van der Waals surface area contributed by atoms with Gasteiger partial charge < -0.3 is 0 Å². The van der Waals surface area contributed by atoms with Gasteiger partial charge in [-0.25, -0.2) is 4.39 Å². The molecule has 0 heterocycles. The highest BCUT2D eigenvalue weighted by Crippen LogP contribution is 2.35. The maximum atomic E-state index is 13.5. The van der Waals surface area contributed by atoms with Crippen molar-refractivity contribution in [2.24, 2.45) is 0 Å². The number of hydrogen-bond acceptors (Lipinski definition) is 0. The minimum absolute atomic E-state index is 0.00806. The van der Waals surface area contributed by atoms with Crippen molar-refractivity contribution in [3.8, 4) is 0 Å². The topological polar surface area (TPSA) is 0 Å². The molecular weight excluding hydrogens is 371 g/mol. The van der Waals surface area contributed by atoms with Gasteiger partial charge in [-0.3, -0.25) is 0 Å². The van der Waals surface area contributed by atoms with Crippen molar-refractivity contribution in [1.29, 1.82) is 0 Å². The Labute approximate surface area is 130 Å². The van der Waals surface area contributed by atoms with Crippen LogP contribution < -0.4 is 0 Å². The minimum Gasteiger partial charge on any atom is -0.207 e. The first-order chi connectivity index (χ1) is 8.88. The molecule has 19 heavy (non-hydrogen) atoms. The molecule has 0 amide bonds. The molecule has 1 unspecified atom stereocenters. The molecule has 0 saturated heterocycles. The van der Waals surface area contributed by atoms with Gasteiger partial charge >= 0.3 is 0 Å². The van der Waals surface area contributed by atoms with Gasteiger partial charge in [0.1, 0.15) is 5.82 Å². The predicted molar refractivity (Wildman–Crippen MR) is 85.5 cm³/mol. The van der Waals surface area contributed by atoms with Crippen LogP contribution >= 0.6 is 31.9 Å². The van der Waals surface area contributed by atoms with E-state index < -0.39 is 0 Å². The van der Waals surface area contributed by atoms with E-state index in [1.165, 1.54) is 16.7 Å². The molecule has 1 atom stereocenters. The summed E-state index contributed by atoms with van der Waals surface area (Å²) >= 11 is 7.22. The minimum atomic E-state index is -0.189. The van der Waals surface area contributed by atoms with E-state index in [1.54, 1.807) is 12.1 Å². The molecule has 0 fully saturated rings. The fourth-order valence-electron chi connectivity index (χ4n) is 2.17. The highest BCUT2D eigenvalue weighted by molar-refractivity contribution is 9.10. The second-order valence-electron chi connectivity index (χ2n) is 4.88. The fourth-order valence-corrected chi connectivity index (χ4v) is 3.38. The van der Waals surface area contributed by atoms with Gasteiger partial charge in [0.05, 0.1) is 4.83 Å². The van der Waals surface area contributed by atoms with Crippen LogP contribution in [0.1, 0.15) is 32.6 Å². The molecule has 0 aromatic heterocycles. The molecule has 0 aliphatic carbocycles. The number of aryl methyl sites for hydroxylation is 3. The zero-order valence-electron chi connectivity index (χ0n) is 11.1. The van der Waals surface area contributed by atoms with Crippen molar-refractivity contribution >= 4 is 31.9 Å². The van der Waals surface area contributed by atoms with Crippen LogP contribution in [0.15, 0.2) is 34.8 Å². The van der Waals surface area contributed by atoms with Crippen LogP contribution in [-0.2, 0) is 0 Å². The molecule has 0 saturated carbocycles. The molecule has 0 aliphatic rings. The summed E-state index contributed by atoms with van der Waals surface area (Å²) in [7, 11) is 0. The van der Waals surface area contributed by atoms with Crippen molar-refractivity contribution < 1.29 is 4.39 Å². The lowest BCUT2D eigenvalue weighted by Gasteiger charge is -2.16. The second-order valence-corrected chi connectivity index (χ2v) is 6.65. The van der Waals surface area contributed by atoms with Crippen molar-refractivity contribution in [1.82, 2.24) is 0 Å². The summed E-state index contributed by atoms with van der Waals surface area (Å²) in [5.41, 5.74) is 5.42. The van der Waals surface area contributed by atoms with E-state index in [4.69, 9.17) is 0 Å². The standard InChI is InChI=1S/C16H15Br2F/c1-9-4-12(8-13(19)5-9)16(18)14-6-11(3)15(17)7-10(14)2/h4-8,16H,1-3H3. The highest BCUT2D eigenvalue weighted by Gasteiger charge is 2.15. The van der Waals surface area contributed by atoms with Crippen molar-refractivity contribution in [3.63, 3.8) is 0 Å². The Kier molecular flexibility index (Phi) is 4.46. The Bertz CT molecular complexity index is 600. The van der Waals surface area contributed by atoms with Crippen LogP contribution in [0.4, 0.5) is 4.39 Å². The van der Waals surface area contributed by atoms with Gasteiger partial charge in [-0.05, 0) is 66.8 Å². The Balaban J connectivity index is 2.49. The SMILES string of the molecule is Cc1cc(F)cc(C(Br)c2cc(C)c(Br)cc2C)c1. The van der Waals surface area contributed by atoms with Crippen LogP contribution in [0, 0.1) is 26.6 Å². The zero-order valence-corrected chi connectivity index (χ0v) is 14.3. The summed E-state index contributed by atoms with van der Waals surface area (Å²) in [6.45, 7) is 6.04. The molecule has 0 bridgehead atoms. The number of hydrogen-bond donors (Lipinski definition) is 0. The average molecular weight is 386 g/mol. The number of rotatable bonds is 2. The lowest BCUT2D eigenvalue weighted by atomic mass is 9.97. The second kappa shape index (κ2) is 5.76. The van der Waals surface area contributed by atoms with Gasteiger partial charge in [0.2, 0.25) is 0 Å². The van der Waals surface area contributed by atoms with Gasteiger partial charge in [0, 0.05) is 4.47 Å². The third kappa shape index (κ3) is 3.26. The summed E-state index contributed by atoms with van der Waals surface area (Å²) in [6.07, 6.45) is 0. The molecule has 0 aliphatic heterocycles. The lowest BCUT2D eigenvalue weighted by Crippen LogP contribution is -1.98. The smallest absolute Gasteiger partial charge is 0.123 e. The summed E-state index contributed by atoms with van der Waals surface area (Å²) in [5, 5.41) is 0. The fraction of sp³-hybridized carbons (Fsp3) is 0.250. The monoisotopic (exact) mass is 384 g/mol. The van der Waals surface area contributed by atoms with Crippen LogP contribution in [0.5, 0.6) is 0 Å². The Morgan fingerprint density at radius 1 is 0.947 bits per heavy atom. The number of alkyl halides is 1. The molecule has 0 spiro atoms. The summed E-state index contributed by atoms with van der Waals surface area (Å²) < 4.78 is 14.6. The maximum Gasteiger partial charge on any atom is 0.123 e. The first kappa shape index (κ1) is 14.7. The van der Waals surface area contributed by atoms with Crippen molar-refractivity contribution in [2.75, 3.05) is 0 Å². The molecular formula is C16H15Br2F. The molecule has 0 nitrogen and oxygen atoms in total. The molecule has 0 N–H and O–H groups in total. The van der Waals surface area contributed by atoms with Crippen LogP contribution in [0.25, 0.3) is 0 Å². The Morgan fingerprint density at radius 3 is 2.26 bits per heavy atom. The maximum absolute atomic E-state index is 13.5. The molecule has 2 rings (SSSR count). The summed E-state index contributed by atoms with van der Waals surface area (Å²) in [6, 6.07) is 9.38. The Morgan fingerprint density at radius 2 is 1.63 bits per heavy atom. The first-order valence-corrected chi connectivity index (χ1v) is 7.77. The first-order valence-electron chi connectivity index (χ1n) is 6.06. The lowest BCUT2D eigenvalue weighted by molar-refractivity contribution is 0.624. The third-order valence-electron chi connectivity index (χ3n) is 3.18. The van der Waals surface area contributed by atoms with Gasteiger partial charge in [-0.1, -0.05) is 44.0 Å². The van der Waals surface area contributed by atoms with Crippen molar-refractivity contribution in [2.45, 2.75) is 25.6 Å². The molecule has 2 aromatic carbocycles. The third-order valence-corrected chi connectivity index (χ3v) is 5.05. The van der Waals surface area contributed by atoms with Gasteiger partial charge in [-0.2, -0.15) is 0 Å². The predicted octanol–water partition coefficient (Wildman–Crippen LogP) is 6.00. The number of benzene rings is 2. The Hall–Kier alpha value is -0.670. The van der Waals surface area contributed by atoms with Crippen LogP contribution in [0.3, 0.4) is 0 Å². The largest absolute Gasteiger partial charge is 0.207 e. The van der Waals surface area contributed by atoms with E-state index in [9.17, 15) is 4.39 Å². The van der Waals surface area contributed by atoms with Crippen molar-refractivity contribution in [3.05, 3.63) is 68.4 Å². The van der Waals surface area contributed by atoms with Gasteiger partial charge in [0.25, 0.3) is 0 Å². The van der Waals surface area contributed by atoms with Gasteiger partial charge in [-0.15, -0.1) is 0 Å². The van der Waals surface area contributed by atoms with E-state index in [1.807, 2.05) is 13.0 Å². The van der Waals surface area contributed by atoms with E-state index in [0.717, 1.165) is 15.6 Å². The number of halogens is 3. The summed E-state index contributed by atoms with van der Waals surface area (Å²) in [5.74, 6) is -0.189. The molecule has 2 aromatic rings. The zero-order chi connectivity index (χ0) is 14.2. The molecule has 3 heteroatoms. The molecule has 0 radical (unpaired) electrons. The normalized spacial score (nSPS) is 12.5. The van der Waals surface area contributed by atoms with E-state index >= 15 is 0 Å². The molecule has 100 valence electrons. The average Bonchev–Trinajstić information content (AvgIpc) is 2.31. The quantitative estimate of drug-likeness (QED) is 0.556. The van der Waals surface area contributed by atoms with Crippen LogP contribution in [0.2, 0.25) is 0 Å². The van der Waals surface area contributed by atoms with E-state index in [2.05, 4.69) is 57.8 Å². The summed E-state index contributed by atoms with van der Waals surface area (Å²) in [4.78, 5) is 0.00806. The van der Waals surface area contributed by atoms with Gasteiger partial charge in [0.15, 0.2) is 0 Å².